The molecule has 2 aromatic carbocycles. The molecule has 0 radical (unpaired) electrons. The van der Waals surface area contributed by atoms with Gasteiger partial charge < -0.3 is 10.2 Å². The van der Waals surface area contributed by atoms with Crippen LogP contribution in [0, 0.1) is 0 Å². The number of alkyl halides is 3. The SMILES string of the molecule is CSc1ccccc1NC(=O)CN(C)C(=O)/C=C/c1ccc(C(F)(F)F)cc1. The molecule has 2 amide bonds. The van der Waals surface area contributed by atoms with Crippen molar-refractivity contribution in [3.63, 3.8) is 0 Å². The average molecular weight is 408 g/mol. The molecule has 0 fully saturated rings. The molecule has 0 bridgehead atoms. The smallest absolute Gasteiger partial charge is 0.333 e. The van der Waals surface area contributed by atoms with E-state index in [0.717, 1.165) is 17.0 Å². The van der Waals surface area contributed by atoms with Crippen LogP contribution in [0.3, 0.4) is 0 Å². The number of rotatable bonds is 6. The van der Waals surface area contributed by atoms with Gasteiger partial charge in [-0.05, 0) is 42.2 Å². The Bertz CT molecular complexity index is 864. The highest BCUT2D eigenvalue weighted by Gasteiger charge is 2.29. The Morgan fingerprint density at radius 1 is 1.11 bits per heavy atom. The molecular weight excluding hydrogens is 389 g/mol. The first-order chi connectivity index (χ1) is 13.2. The first-order valence-electron chi connectivity index (χ1n) is 8.24. The number of benzene rings is 2. The Hall–Kier alpha value is -2.74. The van der Waals surface area contributed by atoms with Crippen molar-refractivity contribution in [3.8, 4) is 0 Å². The molecule has 0 heterocycles. The topological polar surface area (TPSA) is 49.4 Å². The molecule has 0 unspecified atom stereocenters. The van der Waals surface area contributed by atoms with Gasteiger partial charge in [0, 0.05) is 18.0 Å². The number of likely N-dealkylation sites (N-methyl/N-ethyl adjacent to an activating group) is 1. The number of halogens is 3. The molecule has 0 aliphatic heterocycles. The highest BCUT2D eigenvalue weighted by atomic mass is 32.2. The lowest BCUT2D eigenvalue weighted by molar-refractivity contribution is -0.137. The molecule has 0 atom stereocenters. The largest absolute Gasteiger partial charge is 0.416 e. The summed E-state index contributed by atoms with van der Waals surface area (Å²) in [6.07, 6.45) is 0.110. The molecule has 1 N–H and O–H groups in total. The third-order valence-electron chi connectivity index (χ3n) is 3.79. The third kappa shape index (κ3) is 6.16. The number of para-hydroxylation sites is 1. The van der Waals surface area contributed by atoms with E-state index in [1.54, 1.807) is 12.1 Å². The molecule has 0 aliphatic rings. The van der Waals surface area contributed by atoms with Gasteiger partial charge in [0.25, 0.3) is 0 Å². The molecule has 0 aromatic heterocycles. The van der Waals surface area contributed by atoms with Gasteiger partial charge in [0.2, 0.25) is 11.8 Å². The van der Waals surface area contributed by atoms with Crippen LogP contribution in [0.5, 0.6) is 0 Å². The van der Waals surface area contributed by atoms with Crippen LogP contribution < -0.4 is 5.32 Å². The number of carbonyl (C=O) groups excluding carboxylic acids is 2. The number of hydrogen-bond acceptors (Lipinski definition) is 3. The molecule has 0 saturated carbocycles. The Labute approximate surface area is 165 Å². The van der Waals surface area contributed by atoms with Crippen LogP contribution >= 0.6 is 11.8 Å². The number of amides is 2. The summed E-state index contributed by atoms with van der Waals surface area (Å²) >= 11 is 1.49. The molecular formula is C20H19F3N2O2S. The summed E-state index contributed by atoms with van der Waals surface area (Å²) < 4.78 is 37.6. The molecule has 8 heteroatoms. The van der Waals surface area contributed by atoms with Gasteiger partial charge in [-0.15, -0.1) is 11.8 Å². The maximum atomic E-state index is 12.5. The number of thioether (sulfide) groups is 1. The zero-order valence-electron chi connectivity index (χ0n) is 15.3. The van der Waals surface area contributed by atoms with Crippen LogP contribution in [-0.4, -0.2) is 36.6 Å². The minimum absolute atomic E-state index is 0.154. The number of nitrogens with zero attached hydrogens (tertiary/aromatic N) is 1. The van der Waals surface area contributed by atoms with Gasteiger partial charge in [-0.1, -0.05) is 24.3 Å². The van der Waals surface area contributed by atoms with Crippen LogP contribution in [0.2, 0.25) is 0 Å². The predicted octanol–water partition coefficient (Wildman–Crippen LogP) is 4.54. The molecule has 148 valence electrons. The fourth-order valence-electron chi connectivity index (χ4n) is 2.31. The fourth-order valence-corrected chi connectivity index (χ4v) is 2.86. The third-order valence-corrected chi connectivity index (χ3v) is 4.59. The Morgan fingerprint density at radius 3 is 2.36 bits per heavy atom. The summed E-state index contributed by atoms with van der Waals surface area (Å²) in [5.41, 5.74) is 0.365. The predicted molar refractivity (Wildman–Crippen MR) is 105 cm³/mol. The van der Waals surface area contributed by atoms with E-state index in [-0.39, 0.29) is 12.5 Å². The van der Waals surface area contributed by atoms with Gasteiger partial charge in [0.1, 0.15) is 0 Å². The molecule has 2 aromatic rings. The minimum atomic E-state index is -4.40. The molecule has 0 aliphatic carbocycles. The Morgan fingerprint density at radius 2 is 1.75 bits per heavy atom. The van der Waals surface area contributed by atoms with Crippen molar-refractivity contribution < 1.29 is 22.8 Å². The van der Waals surface area contributed by atoms with E-state index in [2.05, 4.69) is 5.32 Å². The molecule has 0 spiro atoms. The van der Waals surface area contributed by atoms with Gasteiger partial charge in [-0.2, -0.15) is 13.2 Å². The van der Waals surface area contributed by atoms with Crippen molar-refractivity contribution in [3.05, 3.63) is 65.7 Å². The highest BCUT2D eigenvalue weighted by Crippen LogP contribution is 2.29. The van der Waals surface area contributed by atoms with Crippen molar-refractivity contribution in [2.24, 2.45) is 0 Å². The molecule has 4 nitrogen and oxygen atoms in total. The van der Waals surface area contributed by atoms with Crippen LogP contribution in [0.1, 0.15) is 11.1 Å². The summed E-state index contributed by atoms with van der Waals surface area (Å²) in [5, 5.41) is 2.76. The van der Waals surface area contributed by atoms with Crippen molar-refractivity contribution in [1.82, 2.24) is 4.90 Å². The summed E-state index contributed by atoms with van der Waals surface area (Å²) in [6.45, 7) is -0.154. The average Bonchev–Trinajstić information content (AvgIpc) is 2.66. The fraction of sp³-hybridized carbons (Fsp3) is 0.200. The Kier molecular flexibility index (Phi) is 7.28. The van der Waals surface area contributed by atoms with Crippen LogP contribution in [0.25, 0.3) is 6.08 Å². The van der Waals surface area contributed by atoms with E-state index >= 15 is 0 Å². The number of anilines is 1. The van der Waals surface area contributed by atoms with Gasteiger partial charge in [-0.3, -0.25) is 9.59 Å². The van der Waals surface area contributed by atoms with E-state index in [4.69, 9.17) is 0 Å². The van der Waals surface area contributed by atoms with Gasteiger partial charge in [0.15, 0.2) is 0 Å². The minimum Gasteiger partial charge on any atom is -0.333 e. The molecule has 28 heavy (non-hydrogen) atoms. The first kappa shape index (κ1) is 21.6. The zero-order chi connectivity index (χ0) is 20.7. The normalized spacial score (nSPS) is 11.5. The molecule has 0 saturated heterocycles. The summed E-state index contributed by atoms with van der Waals surface area (Å²) in [7, 11) is 1.47. The second kappa shape index (κ2) is 9.45. The molecule has 2 rings (SSSR count). The standard InChI is InChI=1S/C20H19F3N2O2S/c1-25(13-18(26)24-16-5-3-4-6-17(16)28-2)19(27)12-9-14-7-10-15(11-8-14)20(21,22)23/h3-12H,13H2,1-2H3,(H,24,26)/b12-9+. The monoisotopic (exact) mass is 408 g/mol. The lowest BCUT2D eigenvalue weighted by atomic mass is 10.1. The maximum Gasteiger partial charge on any atom is 0.416 e. The van der Waals surface area contributed by atoms with Crippen molar-refractivity contribution in [2.75, 3.05) is 25.2 Å². The summed E-state index contributed by atoms with van der Waals surface area (Å²) in [5.74, 6) is -0.784. The van der Waals surface area contributed by atoms with Gasteiger partial charge in [-0.25, -0.2) is 0 Å². The number of nitrogens with one attached hydrogen (secondary N) is 1. The second-order valence-corrected chi connectivity index (χ2v) is 6.74. The van der Waals surface area contributed by atoms with Gasteiger partial charge in [0.05, 0.1) is 17.8 Å². The lowest BCUT2D eigenvalue weighted by Gasteiger charge is -2.16. The Balaban J connectivity index is 1.93. The van der Waals surface area contributed by atoms with Gasteiger partial charge >= 0.3 is 6.18 Å². The van der Waals surface area contributed by atoms with E-state index in [9.17, 15) is 22.8 Å². The van der Waals surface area contributed by atoms with E-state index in [1.807, 2.05) is 18.4 Å². The lowest BCUT2D eigenvalue weighted by Crippen LogP contribution is -2.33. The van der Waals surface area contributed by atoms with E-state index in [0.29, 0.717) is 11.3 Å². The van der Waals surface area contributed by atoms with Crippen molar-refractivity contribution >= 4 is 35.3 Å². The zero-order valence-corrected chi connectivity index (χ0v) is 16.1. The van der Waals surface area contributed by atoms with Crippen LogP contribution in [-0.2, 0) is 15.8 Å². The maximum absolute atomic E-state index is 12.5. The van der Waals surface area contributed by atoms with E-state index in [1.165, 1.54) is 48.0 Å². The number of hydrogen-bond donors (Lipinski definition) is 1. The quantitative estimate of drug-likeness (QED) is 0.564. The first-order valence-corrected chi connectivity index (χ1v) is 9.46. The highest BCUT2D eigenvalue weighted by molar-refractivity contribution is 7.98. The van der Waals surface area contributed by atoms with Crippen LogP contribution in [0.15, 0.2) is 59.5 Å². The summed E-state index contributed by atoms with van der Waals surface area (Å²) in [4.78, 5) is 26.4. The van der Waals surface area contributed by atoms with Crippen molar-refractivity contribution in [1.29, 1.82) is 0 Å². The number of carbonyl (C=O) groups is 2. The van der Waals surface area contributed by atoms with Crippen molar-refractivity contribution in [2.45, 2.75) is 11.1 Å². The summed E-state index contributed by atoms with van der Waals surface area (Å²) in [6, 6.07) is 11.8. The second-order valence-electron chi connectivity index (χ2n) is 5.90. The van der Waals surface area contributed by atoms with Crippen LogP contribution in [0.4, 0.5) is 18.9 Å². The van der Waals surface area contributed by atoms with E-state index < -0.39 is 17.6 Å².